The number of anilines is 1. The molecule has 3 aromatic rings. The zero-order valence-corrected chi connectivity index (χ0v) is 20.5. The summed E-state index contributed by atoms with van der Waals surface area (Å²) in [4.78, 5) is 26.0. The summed E-state index contributed by atoms with van der Waals surface area (Å²) in [7, 11) is 0. The van der Waals surface area contributed by atoms with Crippen LogP contribution in [0, 0.1) is 6.92 Å². The second-order valence-electron chi connectivity index (χ2n) is 9.12. The number of rotatable bonds is 6. The lowest BCUT2D eigenvalue weighted by Gasteiger charge is -2.35. The Kier molecular flexibility index (Phi) is 7.11. The summed E-state index contributed by atoms with van der Waals surface area (Å²) in [5.41, 5.74) is 1.28. The van der Waals surface area contributed by atoms with Crippen LogP contribution in [-0.2, 0) is 6.54 Å². The highest BCUT2D eigenvalue weighted by Gasteiger charge is 2.25. The number of piperidine rings is 1. The number of likely N-dealkylation sites (tertiary alicyclic amines) is 1. The topological polar surface area (TPSA) is 48.9 Å². The number of hydrogen-bond donors (Lipinski definition) is 0. The van der Waals surface area contributed by atoms with E-state index in [9.17, 15) is 4.79 Å². The maximum absolute atomic E-state index is 12.7. The summed E-state index contributed by atoms with van der Waals surface area (Å²) in [5.74, 6) is 2.15. The van der Waals surface area contributed by atoms with Crippen LogP contribution in [0.3, 0.4) is 0 Å². The number of pyridine rings is 1. The Hall–Kier alpha value is -2.90. The lowest BCUT2D eigenvalue weighted by atomic mass is 10.1. The fraction of sp³-hybridized carbons (Fsp3) is 0.407. The number of benzene rings is 1. The van der Waals surface area contributed by atoms with Crippen LogP contribution in [0.25, 0.3) is 0 Å². The Balaban J connectivity index is 1.10. The highest BCUT2D eigenvalue weighted by atomic mass is 32.1. The molecule has 2 aromatic heterocycles. The van der Waals surface area contributed by atoms with Gasteiger partial charge in [0.1, 0.15) is 17.7 Å². The number of hydrogen-bond acceptors (Lipinski definition) is 6. The average Bonchev–Trinajstić information content (AvgIpc) is 3.32. The van der Waals surface area contributed by atoms with E-state index in [0.717, 1.165) is 75.1 Å². The molecule has 2 aliphatic rings. The average molecular weight is 477 g/mol. The lowest BCUT2D eigenvalue weighted by molar-refractivity contribution is 0.0600. The summed E-state index contributed by atoms with van der Waals surface area (Å²) < 4.78 is 6.33. The molecular formula is C27H32N4O2S. The van der Waals surface area contributed by atoms with Crippen molar-refractivity contribution in [3.05, 3.63) is 76.1 Å². The number of nitrogens with zero attached hydrogens (tertiary/aromatic N) is 4. The maximum Gasteiger partial charge on any atom is 0.263 e. The maximum atomic E-state index is 12.7. The highest BCUT2D eigenvalue weighted by molar-refractivity contribution is 7.13. The van der Waals surface area contributed by atoms with Crippen molar-refractivity contribution in [1.29, 1.82) is 0 Å². The van der Waals surface area contributed by atoms with Crippen LogP contribution in [0.4, 0.5) is 5.82 Å². The van der Waals surface area contributed by atoms with Crippen LogP contribution in [0.15, 0.2) is 60.8 Å². The van der Waals surface area contributed by atoms with E-state index in [4.69, 9.17) is 4.74 Å². The summed E-state index contributed by atoms with van der Waals surface area (Å²) >= 11 is 1.58. The van der Waals surface area contributed by atoms with E-state index in [0.29, 0.717) is 0 Å². The van der Waals surface area contributed by atoms with Gasteiger partial charge in [-0.3, -0.25) is 9.69 Å². The number of ether oxygens (including phenoxy) is 1. The minimum absolute atomic E-state index is 0.154. The van der Waals surface area contributed by atoms with E-state index < -0.39 is 0 Å². The number of carbonyl (C=O) groups is 1. The molecule has 1 aromatic carbocycles. The number of aromatic nitrogens is 1. The molecule has 0 unspecified atom stereocenters. The van der Waals surface area contributed by atoms with Crippen molar-refractivity contribution in [1.82, 2.24) is 14.8 Å². The third kappa shape index (κ3) is 5.59. The van der Waals surface area contributed by atoms with Gasteiger partial charge in [0.05, 0.1) is 4.88 Å². The van der Waals surface area contributed by atoms with E-state index in [-0.39, 0.29) is 12.0 Å². The fourth-order valence-corrected chi connectivity index (χ4v) is 5.56. The van der Waals surface area contributed by atoms with E-state index >= 15 is 0 Å². The Labute approximate surface area is 205 Å². The molecular weight excluding hydrogens is 444 g/mol. The number of thiophene rings is 1. The van der Waals surface area contributed by atoms with Gasteiger partial charge in [-0.25, -0.2) is 4.98 Å². The van der Waals surface area contributed by atoms with Crippen LogP contribution < -0.4 is 9.64 Å². The van der Waals surface area contributed by atoms with Crippen LogP contribution in [0.5, 0.6) is 5.75 Å². The zero-order valence-electron chi connectivity index (χ0n) is 19.7. The minimum atomic E-state index is 0.154. The van der Waals surface area contributed by atoms with Crippen molar-refractivity contribution in [2.75, 3.05) is 44.2 Å². The third-order valence-electron chi connectivity index (χ3n) is 6.63. The molecule has 2 fully saturated rings. The van der Waals surface area contributed by atoms with Gasteiger partial charge >= 0.3 is 0 Å². The van der Waals surface area contributed by atoms with Crippen molar-refractivity contribution in [2.24, 2.45) is 0 Å². The third-order valence-corrected chi connectivity index (χ3v) is 7.62. The van der Waals surface area contributed by atoms with Gasteiger partial charge in [0.15, 0.2) is 0 Å². The minimum Gasteiger partial charge on any atom is -0.490 e. The molecule has 178 valence electrons. The molecule has 4 heterocycles. The predicted molar refractivity (Wildman–Crippen MR) is 137 cm³/mol. The molecule has 0 N–H and O–H groups in total. The van der Waals surface area contributed by atoms with Gasteiger partial charge in [-0.15, -0.1) is 11.3 Å². The Morgan fingerprint density at radius 1 is 1.00 bits per heavy atom. The molecule has 6 nitrogen and oxygen atoms in total. The summed E-state index contributed by atoms with van der Waals surface area (Å²) in [5, 5.41) is 0. The van der Waals surface area contributed by atoms with Crippen LogP contribution in [-0.4, -0.2) is 66.1 Å². The van der Waals surface area contributed by atoms with Crippen molar-refractivity contribution in [3.63, 3.8) is 0 Å². The molecule has 0 spiro atoms. The van der Waals surface area contributed by atoms with Crippen molar-refractivity contribution >= 4 is 23.1 Å². The normalized spacial score (nSPS) is 17.7. The monoisotopic (exact) mass is 476 g/mol. The molecule has 0 atom stereocenters. The summed E-state index contributed by atoms with van der Waals surface area (Å²) in [6, 6.07) is 18.5. The lowest BCUT2D eigenvalue weighted by Crippen LogP contribution is -2.46. The Morgan fingerprint density at radius 3 is 2.53 bits per heavy atom. The number of aryl methyl sites for hydroxylation is 1. The van der Waals surface area contributed by atoms with Crippen molar-refractivity contribution in [3.8, 4) is 5.75 Å². The summed E-state index contributed by atoms with van der Waals surface area (Å²) in [6.45, 7) is 8.51. The van der Waals surface area contributed by atoms with Crippen LogP contribution >= 0.6 is 11.3 Å². The molecule has 0 saturated carbocycles. The summed E-state index contributed by atoms with van der Waals surface area (Å²) in [6.07, 6.45) is 3.76. The second kappa shape index (κ2) is 10.6. The van der Waals surface area contributed by atoms with E-state index in [1.54, 1.807) is 11.3 Å². The molecule has 0 aliphatic carbocycles. The zero-order chi connectivity index (χ0) is 23.3. The SMILES string of the molecule is Cc1ccc(C(=O)N2CCC(Oc3cccc(CN4CCN(c5ccccn5)CC4)c3)CC2)s1. The quantitative estimate of drug-likeness (QED) is 0.526. The first-order chi connectivity index (χ1) is 16.6. The fourth-order valence-electron chi connectivity index (χ4n) is 4.73. The van der Waals surface area contributed by atoms with Gasteiger partial charge in [-0.05, 0) is 48.9 Å². The largest absolute Gasteiger partial charge is 0.490 e. The first-order valence-corrected chi connectivity index (χ1v) is 13.0. The van der Waals surface area contributed by atoms with Gasteiger partial charge in [0.25, 0.3) is 5.91 Å². The van der Waals surface area contributed by atoms with Crippen molar-refractivity contribution < 1.29 is 9.53 Å². The van der Waals surface area contributed by atoms with Crippen LogP contribution in [0.1, 0.15) is 33.0 Å². The first kappa shape index (κ1) is 22.9. The predicted octanol–water partition coefficient (Wildman–Crippen LogP) is 4.46. The van der Waals surface area contributed by atoms with Gasteiger partial charge in [-0.1, -0.05) is 18.2 Å². The standard InChI is InChI=1S/C27H32N4O2S/c1-21-8-9-25(34-21)27(32)31-13-10-23(11-14-31)33-24-6-4-5-22(19-24)20-29-15-17-30(18-16-29)26-7-2-3-12-28-26/h2-9,12,19,23H,10-11,13-18,20H2,1H3. The highest BCUT2D eigenvalue weighted by Crippen LogP contribution is 2.24. The number of carbonyl (C=O) groups excluding carboxylic acids is 1. The van der Waals surface area contributed by atoms with Gasteiger partial charge in [0, 0.05) is 69.7 Å². The van der Waals surface area contributed by atoms with Gasteiger partial charge < -0.3 is 14.5 Å². The second-order valence-corrected chi connectivity index (χ2v) is 10.4. The van der Waals surface area contributed by atoms with E-state index in [1.165, 1.54) is 10.4 Å². The van der Waals surface area contributed by atoms with Crippen molar-refractivity contribution in [2.45, 2.75) is 32.4 Å². The number of amides is 1. The molecule has 2 aliphatic heterocycles. The molecule has 0 bridgehead atoms. The van der Waals surface area contributed by atoms with E-state index in [1.807, 2.05) is 42.3 Å². The number of piperazine rings is 1. The van der Waals surface area contributed by atoms with Crippen LogP contribution in [0.2, 0.25) is 0 Å². The smallest absolute Gasteiger partial charge is 0.263 e. The Morgan fingerprint density at radius 2 is 1.82 bits per heavy atom. The molecule has 5 rings (SSSR count). The molecule has 0 radical (unpaired) electrons. The molecule has 1 amide bonds. The molecule has 34 heavy (non-hydrogen) atoms. The van der Waals surface area contributed by atoms with Gasteiger partial charge in [-0.2, -0.15) is 0 Å². The van der Waals surface area contributed by atoms with E-state index in [2.05, 4.69) is 45.1 Å². The Bertz CT molecular complexity index is 1090. The molecule has 2 saturated heterocycles. The van der Waals surface area contributed by atoms with Gasteiger partial charge in [0.2, 0.25) is 0 Å². The first-order valence-electron chi connectivity index (χ1n) is 12.1. The molecule has 7 heteroatoms.